The van der Waals surface area contributed by atoms with Crippen LogP contribution < -0.4 is 0 Å². The van der Waals surface area contributed by atoms with E-state index in [-0.39, 0.29) is 0 Å². The van der Waals surface area contributed by atoms with Gasteiger partial charge in [-0.05, 0) is 50.1 Å². The van der Waals surface area contributed by atoms with E-state index in [1.54, 1.807) is 0 Å². The summed E-state index contributed by atoms with van der Waals surface area (Å²) in [6.45, 7) is 0. The summed E-state index contributed by atoms with van der Waals surface area (Å²) < 4.78 is 0. The maximum atomic E-state index is 2.38. The third-order valence-electron chi connectivity index (χ3n) is 12.1. The van der Waals surface area contributed by atoms with Crippen LogP contribution in [0.2, 0.25) is 0 Å². The van der Waals surface area contributed by atoms with Gasteiger partial charge in [0, 0.05) is 0 Å². The summed E-state index contributed by atoms with van der Waals surface area (Å²) in [6, 6.07) is 101. The van der Waals surface area contributed by atoms with Gasteiger partial charge in [0.25, 0.3) is 0 Å². The molecule has 0 heterocycles. The minimum absolute atomic E-state index is 0.889. The third kappa shape index (κ3) is 5.84. The van der Waals surface area contributed by atoms with Crippen LogP contribution in [0, 0.1) is 5.92 Å². The second-order valence-corrected chi connectivity index (χ2v) is 14.9. The second-order valence-electron chi connectivity index (χ2n) is 14.9. The Hall–Kier alpha value is -7.02. The van der Waals surface area contributed by atoms with Crippen molar-refractivity contribution in [3.05, 3.63) is 329 Å². The number of rotatable bonds is 12. The zero-order valence-corrected chi connectivity index (χ0v) is 32.5. The molecule has 277 valence electrons. The lowest BCUT2D eigenvalue weighted by atomic mass is 9.35. The van der Waals surface area contributed by atoms with Gasteiger partial charge in [-0.15, -0.1) is 0 Å². The van der Waals surface area contributed by atoms with Gasteiger partial charge in [0.15, 0.2) is 0 Å². The molecular weight excluding hydrogens is 697 g/mol. The quantitative estimate of drug-likeness (QED) is 0.109. The third-order valence-corrected chi connectivity index (χ3v) is 12.1. The van der Waals surface area contributed by atoms with Crippen molar-refractivity contribution < 1.29 is 0 Å². The van der Waals surface area contributed by atoms with E-state index in [9.17, 15) is 0 Å². The summed E-state index contributed by atoms with van der Waals surface area (Å²) in [4.78, 5) is 0. The Kier molecular flexibility index (Phi) is 10.2. The van der Waals surface area contributed by atoms with Crippen LogP contribution in [0.3, 0.4) is 0 Å². The first kappa shape index (κ1) is 36.6. The summed E-state index contributed by atoms with van der Waals surface area (Å²) in [5, 5.41) is 0. The average Bonchev–Trinajstić information content (AvgIpc) is 3.33. The molecule has 9 rings (SSSR count). The van der Waals surface area contributed by atoms with Crippen LogP contribution in [0.1, 0.15) is 50.1 Å². The largest absolute Gasteiger partial charge is 0.0622 e. The molecule has 0 heteroatoms. The maximum absolute atomic E-state index is 2.38. The summed E-state index contributed by atoms with van der Waals surface area (Å²) in [5.41, 5.74) is 7.81. The zero-order chi connectivity index (χ0) is 39.1. The van der Waals surface area contributed by atoms with Crippen LogP contribution in [0.5, 0.6) is 0 Å². The molecule has 0 unspecified atom stereocenters. The van der Waals surface area contributed by atoms with Crippen LogP contribution in [-0.4, -0.2) is 0 Å². The van der Waals surface area contributed by atoms with Gasteiger partial charge in [0.1, 0.15) is 0 Å². The molecule has 1 radical (unpaired) electrons. The van der Waals surface area contributed by atoms with Crippen LogP contribution in [0.15, 0.2) is 273 Å². The Morgan fingerprint density at radius 1 is 0.207 bits per heavy atom. The Morgan fingerprint density at radius 3 is 0.672 bits per heavy atom. The number of hydrogen-bond donors (Lipinski definition) is 0. The minimum atomic E-state index is -0.976. The first-order valence-corrected chi connectivity index (χ1v) is 20.2. The molecule has 0 N–H and O–H groups in total. The molecule has 0 aromatic heterocycles. The van der Waals surface area contributed by atoms with Crippen molar-refractivity contribution in [3.8, 4) is 0 Å². The Labute approximate surface area is 343 Å². The summed E-state index contributed by atoms with van der Waals surface area (Å²) in [6.07, 6.45) is 0. The molecule has 0 nitrogen and oxygen atoms in total. The van der Waals surface area contributed by atoms with E-state index < -0.39 is 16.2 Å². The monoisotopic (exact) mass is 741 g/mol. The van der Waals surface area contributed by atoms with Crippen molar-refractivity contribution in [2.45, 2.75) is 16.2 Å². The molecule has 0 fully saturated rings. The Balaban J connectivity index is 1.69. The predicted molar refractivity (Wildman–Crippen MR) is 241 cm³/mol. The molecule has 0 saturated heterocycles. The minimum Gasteiger partial charge on any atom is -0.0622 e. The van der Waals surface area contributed by atoms with Crippen LogP contribution in [0.4, 0.5) is 0 Å². The van der Waals surface area contributed by atoms with E-state index in [1.165, 1.54) is 44.9 Å². The van der Waals surface area contributed by atoms with Gasteiger partial charge in [-0.25, -0.2) is 0 Å². The van der Waals surface area contributed by atoms with Crippen LogP contribution in [-0.2, 0) is 16.2 Å². The van der Waals surface area contributed by atoms with Crippen molar-refractivity contribution in [3.63, 3.8) is 0 Å². The second kappa shape index (κ2) is 16.2. The molecular formula is C58H45. The lowest BCUT2D eigenvalue weighted by molar-refractivity contribution is 0.238. The maximum Gasteiger partial charge on any atom is 0.0600 e. The zero-order valence-electron chi connectivity index (χ0n) is 32.5. The van der Waals surface area contributed by atoms with Crippen LogP contribution in [0.25, 0.3) is 0 Å². The van der Waals surface area contributed by atoms with Crippen molar-refractivity contribution in [1.29, 1.82) is 0 Å². The molecule has 9 aromatic rings. The standard InChI is InChI=1S/C58H45/c1-10-28-46(29-11-1)55(47-30-12-2-13-31-47)57(51-38-20-6-21-39-51,52-40-22-7-23-41-52)58(53-42-24-8-25-43-53,54-44-26-9-27-45-54)56(48-32-14-3-15-33-48,49-34-16-4-17-35-49)50-36-18-5-19-37-50/h1-45H. The van der Waals surface area contributed by atoms with Gasteiger partial charge in [-0.3, -0.25) is 0 Å². The fraction of sp³-hybridized carbons (Fsp3) is 0.0517. The molecule has 0 aliphatic carbocycles. The summed E-state index contributed by atoms with van der Waals surface area (Å²) >= 11 is 0. The van der Waals surface area contributed by atoms with E-state index >= 15 is 0 Å². The fourth-order valence-corrected chi connectivity index (χ4v) is 10.2. The molecule has 0 amide bonds. The van der Waals surface area contributed by atoms with Gasteiger partial charge in [-0.2, -0.15) is 0 Å². The van der Waals surface area contributed by atoms with Gasteiger partial charge < -0.3 is 0 Å². The van der Waals surface area contributed by atoms with E-state index in [4.69, 9.17) is 0 Å². The highest BCUT2D eigenvalue weighted by atomic mass is 14.7. The van der Waals surface area contributed by atoms with Crippen molar-refractivity contribution >= 4 is 0 Å². The van der Waals surface area contributed by atoms with Gasteiger partial charge in [0.2, 0.25) is 0 Å². The lowest BCUT2D eigenvalue weighted by Gasteiger charge is -2.64. The summed E-state index contributed by atoms with van der Waals surface area (Å²) in [5.74, 6) is 1.21. The van der Waals surface area contributed by atoms with Gasteiger partial charge >= 0.3 is 0 Å². The molecule has 0 spiro atoms. The Bertz CT molecular complexity index is 2390. The van der Waals surface area contributed by atoms with Gasteiger partial charge in [0.05, 0.1) is 22.2 Å². The normalized spacial score (nSPS) is 11.9. The van der Waals surface area contributed by atoms with Crippen molar-refractivity contribution in [1.82, 2.24) is 0 Å². The van der Waals surface area contributed by atoms with E-state index in [2.05, 4.69) is 273 Å². The smallest absolute Gasteiger partial charge is 0.0600 e. The highest BCUT2D eigenvalue weighted by Gasteiger charge is 2.70. The fourth-order valence-electron chi connectivity index (χ4n) is 10.2. The van der Waals surface area contributed by atoms with E-state index in [0.717, 1.165) is 11.1 Å². The Morgan fingerprint density at radius 2 is 0.414 bits per heavy atom. The first-order valence-electron chi connectivity index (χ1n) is 20.2. The number of hydrogen-bond acceptors (Lipinski definition) is 0. The highest BCUT2D eigenvalue weighted by molar-refractivity contribution is 5.75. The average molecular weight is 742 g/mol. The molecule has 0 saturated carbocycles. The molecule has 58 heavy (non-hydrogen) atoms. The lowest BCUT2D eigenvalue weighted by Crippen LogP contribution is -2.66. The van der Waals surface area contributed by atoms with Crippen LogP contribution >= 0.6 is 0 Å². The first-order chi connectivity index (χ1) is 28.8. The predicted octanol–water partition coefficient (Wildman–Crippen LogP) is 13.7. The molecule has 0 aliphatic heterocycles. The molecule has 0 bridgehead atoms. The van der Waals surface area contributed by atoms with E-state index in [0.29, 0.717) is 0 Å². The van der Waals surface area contributed by atoms with E-state index in [1.807, 2.05) is 0 Å². The topological polar surface area (TPSA) is 0 Å². The SMILES string of the molecule is c1ccc([C](c2ccccc2)C(c2ccccc2)(c2ccccc2)C(c2ccccc2)(c2ccccc2)C(c2ccccc2)(c2ccccc2)c2ccccc2)cc1. The van der Waals surface area contributed by atoms with Crippen molar-refractivity contribution in [2.24, 2.45) is 0 Å². The molecule has 9 aromatic carbocycles. The van der Waals surface area contributed by atoms with Gasteiger partial charge in [-0.1, -0.05) is 273 Å². The number of benzene rings is 9. The molecule has 0 atom stereocenters. The van der Waals surface area contributed by atoms with Crippen molar-refractivity contribution in [2.75, 3.05) is 0 Å². The summed E-state index contributed by atoms with van der Waals surface area (Å²) in [7, 11) is 0. The highest BCUT2D eigenvalue weighted by Crippen LogP contribution is 2.70. The molecule has 0 aliphatic rings.